The molecule has 7 heteroatoms. The maximum atomic E-state index is 12.1. The molecular weight excluding hydrogens is 286 g/mol. The van der Waals surface area contributed by atoms with Crippen molar-refractivity contribution in [3.8, 4) is 0 Å². The summed E-state index contributed by atoms with van der Waals surface area (Å²) in [5.41, 5.74) is 1.84. The summed E-state index contributed by atoms with van der Waals surface area (Å²) in [4.78, 5) is 26.4. The molecule has 0 aliphatic carbocycles. The summed E-state index contributed by atoms with van der Waals surface area (Å²) in [6, 6.07) is 13.1. The maximum absolute atomic E-state index is 12.1. The fourth-order valence-corrected chi connectivity index (χ4v) is 2.08. The van der Waals surface area contributed by atoms with Crippen LogP contribution in [0.5, 0.6) is 0 Å². The normalized spacial score (nSPS) is 10.5. The van der Waals surface area contributed by atoms with E-state index in [1.54, 1.807) is 30.3 Å². The third-order valence-corrected chi connectivity index (χ3v) is 3.13. The van der Waals surface area contributed by atoms with Crippen molar-refractivity contribution in [2.45, 2.75) is 6.61 Å². The summed E-state index contributed by atoms with van der Waals surface area (Å²) in [7, 11) is 0. The number of nitrogens with zero attached hydrogens (tertiary/aromatic N) is 3. The molecule has 0 N–H and O–H groups in total. The predicted molar refractivity (Wildman–Crippen MR) is 78.4 cm³/mol. The van der Waals surface area contributed by atoms with E-state index in [4.69, 9.17) is 4.74 Å². The zero-order valence-electron chi connectivity index (χ0n) is 11.4. The van der Waals surface area contributed by atoms with Crippen LogP contribution in [0.4, 0.5) is 10.5 Å². The number of imidazole rings is 1. The average Bonchev–Trinajstić information content (AvgIpc) is 2.97. The smallest absolute Gasteiger partial charge is 0.420 e. The highest BCUT2D eigenvalue weighted by Crippen LogP contribution is 2.15. The van der Waals surface area contributed by atoms with Gasteiger partial charge in [0.1, 0.15) is 12.9 Å². The summed E-state index contributed by atoms with van der Waals surface area (Å²) in [5.74, 6) is 0. The van der Waals surface area contributed by atoms with Gasteiger partial charge in [-0.3, -0.25) is 10.1 Å². The number of hydrogen-bond donors (Lipinski definition) is 0. The minimum atomic E-state index is -0.583. The van der Waals surface area contributed by atoms with Gasteiger partial charge in [0.2, 0.25) is 0 Å². The molecule has 0 aliphatic rings. The fraction of sp³-hybridized carbons (Fsp3) is 0.0667. The second-order valence-corrected chi connectivity index (χ2v) is 4.58. The summed E-state index contributed by atoms with van der Waals surface area (Å²) >= 11 is 0. The van der Waals surface area contributed by atoms with E-state index in [9.17, 15) is 14.9 Å². The molecule has 1 heterocycles. The van der Waals surface area contributed by atoms with Crippen LogP contribution in [-0.2, 0) is 11.3 Å². The van der Waals surface area contributed by atoms with Crippen molar-refractivity contribution in [1.82, 2.24) is 9.55 Å². The van der Waals surface area contributed by atoms with Crippen LogP contribution in [0.3, 0.4) is 0 Å². The van der Waals surface area contributed by atoms with Crippen molar-refractivity contribution in [2.75, 3.05) is 0 Å². The summed E-state index contributed by atoms with van der Waals surface area (Å²) in [6.45, 7) is -0.0486. The van der Waals surface area contributed by atoms with E-state index < -0.39 is 11.0 Å². The molecule has 7 nitrogen and oxygen atoms in total. The number of aromatic nitrogens is 2. The van der Waals surface area contributed by atoms with Gasteiger partial charge in [0.25, 0.3) is 5.69 Å². The van der Waals surface area contributed by atoms with Crippen LogP contribution in [0.15, 0.2) is 54.9 Å². The number of carbonyl (C=O) groups excluding carboxylic acids is 1. The molecule has 0 bridgehead atoms. The van der Waals surface area contributed by atoms with Gasteiger partial charge in [-0.1, -0.05) is 24.3 Å². The second kappa shape index (κ2) is 5.65. The molecule has 0 spiro atoms. The van der Waals surface area contributed by atoms with Gasteiger partial charge in [0, 0.05) is 12.1 Å². The molecule has 2 aromatic carbocycles. The second-order valence-electron chi connectivity index (χ2n) is 4.58. The Labute approximate surface area is 124 Å². The van der Waals surface area contributed by atoms with Crippen LogP contribution in [0.2, 0.25) is 0 Å². The van der Waals surface area contributed by atoms with Crippen LogP contribution < -0.4 is 0 Å². The zero-order valence-corrected chi connectivity index (χ0v) is 11.4. The molecule has 3 aromatic rings. The van der Waals surface area contributed by atoms with Crippen molar-refractivity contribution in [1.29, 1.82) is 0 Å². The van der Waals surface area contributed by atoms with Gasteiger partial charge in [0.15, 0.2) is 0 Å². The molecule has 0 fully saturated rings. The Morgan fingerprint density at radius 3 is 2.86 bits per heavy atom. The highest BCUT2D eigenvalue weighted by atomic mass is 16.6. The summed E-state index contributed by atoms with van der Waals surface area (Å²) < 4.78 is 6.48. The number of hydrogen-bond acceptors (Lipinski definition) is 5. The summed E-state index contributed by atoms with van der Waals surface area (Å²) in [6.07, 6.45) is 0.806. The molecular formula is C15H11N3O4. The van der Waals surface area contributed by atoms with E-state index in [1.807, 2.05) is 6.07 Å². The number of nitro benzene ring substituents is 1. The van der Waals surface area contributed by atoms with Crippen molar-refractivity contribution in [3.05, 3.63) is 70.5 Å². The van der Waals surface area contributed by atoms with E-state index in [0.29, 0.717) is 16.6 Å². The number of para-hydroxylation sites is 2. The maximum Gasteiger partial charge on any atom is 0.420 e. The molecule has 110 valence electrons. The minimum absolute atomic E-state index is 0.0402. The van der Waals surface area contributed by atoms with Crippen molar-refractivity contribution in [3.63, 3.8) is 0 Å². The van der Waals surface area contributed by atoms with Crippen LogP contribution in [0.1, 0.15) is 5.56 Å². The monoisotopic (exact) mass is 297 g/mol. The SMILES string of the molecule is O=C(OCc1cccc([N+](=O)[O-])c1)n1cnc2ccccc21. The summed E-state index contributed by atoms with van der Waals surface area (Å²) in [5, 5.41) is 10.7. The van der Waals surface area contributed by atoms with Crippen LogP contribution >= 0.6 is 0 Å². The Kier molecular flexibility index (Phi) is 3.53. The van der Waals surface area contributed by atoms with Crippen molar-refractivity contribution < 1.29 is 14.5 Å². The molecule has 0 saturated heterocycles. The quantitative estimate of drug-likeness (QED) is 0.547. The average molecular weight is 297 g/mol. The van der Waals surface area contributed by atoms with Gasteiger partial charge >= 0.3 is 6.09 Å². The van der Waals surface area contributed by atoms with Gasteiger partial charge in [0.05, 0.1) is 16.0 Å². The van der Waals surface area contributed by atoms with Crippen molar-refractivity contribution in [2.24, 2.45) is 0 Å². The third kappa shape index (κ3) is 2.64. The highest BCUT2D eigenvalue weighted by molar-refractivity contribution is 5.86. The number of fused-ring (bicyclic) bond motifs is 1. The lowest BCUT2D eigenvalue weighted by Gasteiger charge is -2.06. The lowest BCUT2D eigenvalue weighted by atomic mass is 10.2. The van der Waals surface area contributed by atoms with Crippen LogP contribution in [0, 0.1) is 10.1 Å². The molecule has 3 rings (SSSR count). The number of ether oxygens (including phenoxy) is 1. The lowest BCUT2D eigenvalue weighted by molar-refractivity contribution is -0.384. The molecule has 1 aromatic heterocycles. The largest absolute Gasteiger partial charge is 0.444 e. The highest BCUT2D eigenvalue weighted by Gasteiger charge is 2.12. The Morgan fingerprint density at radius 1 is 1.23 bits per heavy atom. The molecule has 0 atom stereocenters. The Morgan fingerprint density at radius 2 is 2.05 bits per heavy atom. The molecule has 0 unspecified atom stereocenters. The van der Waals surface area contributed by atoms with E-state index in [2.05, 4.69) is 4.98 Å². The van der Waals surface area contributed by atoms with Gasteiger partial charge in [-0.15, -0.1) is 0 Å². The Bertz CT molecular complexity index is 857. The standard InChI is InChI=1S/C15H11N3O4/c19-15(17-10-16-13-6-1-2-7-14(13)17)22-9-11-4-3-5-12(8-11)18(20)21/h1-8,10H,9H2. The molecule has 0 radical (unpaired) electrons. The van der Waals surface area contributed by atoms with Gasteiger partial charge < -0.3 is 4.74 Å². The first kappa shape index (κ1) is 13.7. The zero-order chi connectivity index (χ0) is 15.5. The van der Waals surface area contributed by atoms with E-state index in [0.717, 1.165) is 0 Å². The van der Waals surface area contributed by atoms with E-state index >= 15 is 0 Å². The third-order valence-electron chi connectivity index (χ3n) is 3.13. The number of non-ortho nitro benzene ring substituents is 1. The predicted octanol–water partition coefficient (Wildman–Crippen LogP) is 3.13. The first-order valence-electron chi connectivity index (χ1n) is 6.48. The topological polar surface area (TPSA) is 87.3 Å². The molecule has 22 heavy (non-hydrogen) atoms. The van der Waals surface area contributed by atoms with Crippen molar-refractivity contribution >= 4 is 22.8 Å². The van der Waals surface area contributed by atoms with Crippen LogP contribution in [-0.4, -0.2) is 20.6 Å². The Hall–Kier alpha value is -3.22. The molecule has 0 amide bonds. The lowest BCUT2D eigenvalue weighted by Crippen LogP contribution is -2.12. The molecule has 0 saturated carbocycles. The van der Waals surface area contributed by atoms with Crippen LogP contribution in [0.25, 0.3) is 11.0 Å². The first-order chi connectivity index (χ1) is 10.6. The Balaban J connectivity index is 1.75. The minimum Gasteiger partial charge on any atom is -0.444 e. The van der Waals surface area contributed by atoms with Gasteiger partial charge in [-0.25, -0.2) is 14.3 Å². The fourth-order valence-electron chi connectivity index (χ4n) is 2.08. The van der Waals surface area contributed by atoms with Gasteiger partial charge in [-0.05, 0) is 17.7 Å². The van der Waals surface area contributed by atoms with Gasteiger partial charge in [-0.2, -0.15) is 0 Å². The number of benzene rings is 2. The van der Waals surface area contributed by atoms with E-state index in [-0.39, 0.29) is 12.3 Å². The number of nitro groups is 1. The number of carbonyl (C=O) groups is 1. The molecule has 0 aliphatic heterocycles. The first-order valence-corrected chi connectivity index (χ1v) is 6.48. The number of rotatable bonds is 3. The van der Waals surface area contributed by atoms with E-state index in [1.165, 1.54) is 23.0 Å².